The van der Waals surface area contributed by atoms with Gasteiger partial charge in [-0.25, -0.2) is 9.97 Å². The standard InChI is InChI=1S/C18H29N3/c1-11-5-6-15(9-11)18-20-13(3)17(14(4)21-18)12(2)10-19-16-7-8-16/h11-12,15-16,19H,5-10H2,1-4H3. The van der Waals surface area contributed by atoms with E-state index in [1.165, 1.54) is 49.1 Å². The first-order chi connectivity index (χ1) is 10.0. The Hall–Kier alpha value is -0.960. The van der Waals surface area contributed by atoms with Crippen LogP contribution < -0.4 is 5.32 Å². The molecule has 3 unspecified atom stereocenters. The SMILES string of the molecule is Cc1nc(C2CCC(C)C2)nc(C)c1C(C)CNC1CC1. The van der Waals surface area contributed by atoms with Gasteiger partial charge in [0.1, 0.15) is 5.82 Å². The molecule has 0 saturated heterocycles. The van der Waals surface area contributed by atoms with E-state index in [9.17, 15) is 0 Å². The van der Waals surface area contributed by atoms with Crippen molar-refractivity contribution in [2.24, 2.45) is 5.92 Å². The lowest BCUT2D eigenvalue weighted by atomic mass is 9.97. The van der Waals surface area contributed by atoms with Crippen molar-refractivity contribution in [3.05, 3.63) is 22.8 Å². The monoisotopic (exact) mass is 287 g/mol. The lowest BCUT2D eigenvalue weighted by molar-refractivity contribution is 0.575. The first kappa shape index (κ1) is 15.0. The molecule has 0 amide bonds. The van der Waals surface area contributed by atoms with Crippen LogP contribution in [0.3, 0.4) is 0 Å². The number of nitrogens with zero attached hydrogens (tertiary/aromatic N) is 2. The van der Waals surface area contributed by atoms with E-state index >= 15 is 0 Å². The number of hydrogen-bond donors (Lipinski definition) is 1. The van der Waals surface area contributed by atoms with Crippen molar-refractivity contribution in [1.82, 2.24) is 15.3 Å². The molecule has 1 aromatic rings. The van der Waals surface area contributed by atoms with Gasteiger partial charge in [0.2, 0.25) is 0 Å². The van der Waals surface area contributed by atoms with Gasteiger partial charge in [0.05, 0.1) is 0 Å². The molecule has 2 fully saturated rings. The quantitative estimate of drug-likeness (QED) is 0.894. The minimum absolute atomic E-state index is 0.502. The summed E-state index contributed by atoms with van der Waals surface area (Å²) in [7, 11) is 0. The Kier molecular flexibility index (Phi) is 4.30. The van der Waals surface area contributed by atoms with Gasteiger partial charge in [-0.1, -0.05) is 13.8 Å². The third-order valence-corrected chi connectivity index (χ3v) is 5.19. The Bertz CT molecular complexity index is 484. The molecule has 1 heterocycles. The van der Waals surface area contributed by atoms with Crippen molar-refractivity contribution < 1.29 is 0 Å². The zero-order valence-corrected chi connectivity index (χ0v) is 13.9. The molecule has 0 aliphatic heterocycles. The normalized spacial score (nSPS) is 27.0. The first-order valence-electron chi connectivity index (χ1n) is 8.63. The second kappa shape index (κ2) is 6.04. The van der Waals surface area contributed by atoms with Crippen molar-refractivity contribution in [2.45, 2.75) is 77.7 Å². The average molecular weight is 287 g/mol. The van der Waals surface area contributed by atoms with E-state index in [0.29, 0.717) is 11.8 Å². The second-order valence-electron chi connectivity index (χ2n) is 7.37. The first-order valence-corrected chi connectivity index (χ1v) is 8.63. The van der Waals surface area contributed by atoms with Crippen LogP contribution in [-0.2, 0) is 0 Å². The molecule has 0 aromatic carbocycles. The predicted octanol–water partition coefficient (Wildman–Crippen LogP) is 3.85. The van der Waals surface area contributed by atoms with E-state index < -0.39 is 0 Å². The molecule has 2 saturated carbocycles. The highest BCUT2D eigenvalue weighted by molar-refractivity contribution is 5.29. The summed E-state index contributed by atoms with van der Waals surface area (Å²) in [5, 5.41) is 3.63. The van der Waals surface area contributed by atoms with Crippen molar-refractivity contribution >= 4 is 0 Å². The van der Waals surface area contributed by atoms with Gasteiger partial charge in [-0.3, -0.25) is 0 Å². The molecule has 3 heteroatoms. The van der Waals surface area contributed by atoms with E-state index in [-0.39, 0.29) is 0 Å². The molecule has 3 atom stereocenters. The third-order valence-electron chi connectivity index (χ3n) is 5.19. The maximum Gasteiger partial charge on any atom is 0.131 e. The highest BCUT2D eigenvalue weighted by Gasteiger charge is 2.27. The molecule has 116 valence electrons. The molecule has 3 nitrogen and oxygen atoms in total. The van der Waals surface area contributed by atoms with Gasteiger partial charge in [0, 0.05) is 29.9 Å². The summed E-state index contributed by atoms with van der Waals surface area (Å²) in [6, 6.07) is 0.772. The Morgan fingerprint density at radius 3 is 2.29 bits per heavy atom. The lowest BCUT2D eigenvalue weighted by Gasteiger charge is -2.19. The van der Waals surface area contributed by atoms with Crippen LogP contribution in [0.15, 0.2) is 0 Å². The zero-order chi connectivity index (χ0) is 15.0. The maximum atomic E-state index is 4.88. The molecule has 1 N–H and O–H groups in total. The summed E-state index contributed by atoms with van der Waals surface area (Å²) < 4.78 is 0. The van der Waals surface area contributed by atoms with Crippen LogP contribution >= 0.6 is 0 Å². The van der Waals surface area contributed by atoms with Crippen LogP contribution in [0.5, 0.6) is 0 Å². The summed E-state index contributed by atoms with van der Waals surface area (Å²) in [6.45, 7) is 10.0. The van der Waals surface area contributed by atoms with E-state index in [0.717, 1.165) is 24.3 Å². The predicted molar refractivity (Wildman–Crippen MR) is 86.7 cm³/mol. The fraction of sp³-hybridized carbons (Fsp3) is 0.778. The summed E-state index contributed by atoms with van der Waals surface area (Å²) >= 11 is 0. The summed E-state index contributed by atoms with van der Waals surface area (Å²) in [4.78, 5) is 9.75. The van der Waals surface area contributed by atoms with Gasteiger partial charge in [-0.2, -0.15) is 0 Å². The smallest absolute Gasteiger partial charge is 0.131 e. The number of hydrogen-bond acceptors (Lipinski definition) is 3. The maximum absolute atomic E-state index is 4.88. The Balaban J connectivity index is 1.75. The average Bonchev–Trinajstić information content (AvgIpc) is 3.16. The summed E-state index contributed by atoms with van der Waals surface area (Å²) in [5.41, 5.74) is 3.75. The summed E-state index contributed by atoms with van der Waals surface area (Å²) in [6.07, 6.45) is 6.55. The zero-order valence-electron chi connectivity index (χ0n) is 13.9. The Morgan fingerprint density at radius 2 is 1.76 bits per heavy atom. The molecule has 0 radical (unpaired) electrons. The van der Waals surface area contributed by atoms with E-state index in [1.807, 2.05) is 0 Å². The van der Waals surface area contributed by atoms with Crippen molar-refractivity contribution in [2.75, 3.05) is 6.54 Å². The molecule has 2 aliphatic rings. The van der Waals surface area contributed by atoms with Crippen LogP contribution in [0.2, 0.25) is 0 Å². The van der Waals surface area contributed by atoms with Crippen LogP contribution in [0.25, 0.3) is 0 Å². The highest BCUT2D eigenvalue weighted by Crippen LogP contribution is 2.37. The molecule has 0 spiro atoms. The number of aromatic nitrogens is 2. The highest BCUT2D eigenvalue weighted by atomic mass is 15.0. The molecule has 1 aromatic heterocycles. The van der Waals surface area contributed by atoms with Crippen molar-refractivity contribution in [3.8, 4) is 0 Å². The van der Waals surface area contributed by atoms with Gasteiger partial charge in [0.25, 0.3) is 0 Å². The molecule has 3 rings (SSSR count). The van der Waals surface area contributed by atoms with Crippen LogP contribution in [0, 0.1) is 19.8 Å². The molecule has 0 bridgehead atoms. The fourth-order valence-corrected chi connectivity index (χ4v) is 3.82. The van der Waals surface area contributed by atoms with Crippen LogP contribution in [-0.4, -0.2) is 22.6 Å². The second-order valence-corrected chi connectivity index (χ2v) is 7.37. The third kappa shape index (κ3) is 3.45. The van der Waals surface area contributed by atoms with Crippen LogP contribution in [0.1, 0.15) is 80.6 Å². The van der Waals surface area contributed by atoms with E-state index in [1.54, 1.807) is 0 Å². The van der Waals surface area contributed by atoms with Crippen molar-refractivity contribution in [3.63, 3.8) is 0 Å². The largest absolute Gasteiger partial charge is 0.313 e. The number of aryl methyl sites for hydroxylation is 2. The molecule has 2 aliphatic carbocycles. The number of nitrogens with one attached hydrogen (secondary N) is 1. The Labute approximate surface area is 129 Å². The fourth-order valence-electron chi connectivity index (χ4n) is 3.82. The van der Waals surface area contributed by atoms with Gasteiger partial charge < -0.3 is 5.32 Å². The lowest BCUT2D eigenvalue weighted by Crippen LogP contribution is -2.23. The van der Waals surface area contributed by atoms with Gasteiger partial charge in [-0.15, -0.1) is 0 Å². The van der Waals surface area contributed by atoms with Gasteiger partial charge in [0.15, 0.2) is 0 Å². The van der Waals surface area contributed by atoms with Crippen LogP contribution in [0.4, 0.5) is 0 Å². The molecular formula is C18H29N3. The summed E-state index contributed by atoms with van der Waals surface area (Å²) in [5.74, 6) is 3.02. The van der Waals surface area contributed by atoms with E-state index in [4.69, 9.17) is 9.97 Å². The Morgan fingerprint density at radius 1 is 1.10 bits per heavy atom. The topological polar surface area (TPSA) is 37.8 Å². The number of rotatable bonds is 5. The van der Waals surface area contributed by atoms with Crippen molar-refractivity contribution in [1.29, 1.82) is 0 Å². The molecular weight excluding hydrogens is 258 g/mol. The van der Waals surface area contributed by atoms with Gasteiger partial charge in [-0.05, 0) is 63.4 Å². The minimum atomic E-state index is 0.502. The van der Waals surface area contributed by atoms with Gasteiger partial charge >= 0.3 is 0 Å². The molecule has 21 heavy (non-hydrogen) atoms. The minimum Gasteiger partial charge on any atom is -0.313 e. The van der Waals surface area contributed by atoms with E-state index in [2.05, 4.69) is 33.0 Å².